The van der Waals surface area contributed by atoms with Crippen LogP contribution in [0.15, 0.2) is 0 Å². The van der Waals surface area contributed by atoms with E-state index in [0.29, 0.717) is 0 Å². The number of carbonyl (C=O) groups excluding carboxylic acids is 5. The Kier molecular flexibility index (Phi) is 40.2. The Morgan fingerprint density at radius 2 is 1.08 bits per heavy atom. The number of primary amides is 1. The van der Waals surface area contributed by atoms with Crippen LogP contribution in [0.4, 0.5) is 4.79 Å². The van der Waals surface area contributed by atoms with Crippen LogP contribution in [0.5, 0.6) is 0 Å². The van der Waals surface area contributed by atoms with Crippen LogP contribution in [0.25, 0.3) is 0 Å². The Morgan fingerprint density at radius 1 is 0.750 bits per heavy atom. The van der Waals surface area contributed by atoms with E-state index >= 15 is 0 Å². The van der Waals surface area contributed by atoms with Gasteiger partial charge in [-0.25, -0.2) is 4.79 Å². The molecule has 0 rings (SSSR count). The van der Waals surface area contributed by atoms with Crippen molar-refractivity contribution >= 4 is 29.9 Å². The van der Waals surface area contributed by atoms with Crippen molar-refractivity contribution in [2.24, 2.45) is 5.73 Å². The van der Waals surface area contributed by atoms with Gasteiger partial charge in [0.1, 0.15) is 0 Å². The predicted octanol–water partition coefficient (Wildman–Crippen LogP) is -18.8. The number of hydrogen-bond donors (Lipinski definition) is 2. The second-order valence-corrected chi connectivity index (χ2v) is 3.20. The summed E-state index contributed by atoms with van der Waals surface area (Å²) in [5, 5.41) is 40.7. The molecule has 0 radical (unpaired) electrons. The van der Waals surface area contributed by atoms with Gasteiger partial charge in [0.25, 0.3) is 0 Å². The van der Waals surface area contributed by atoms with E-state index in [0.717, 1.165) is 0 Å². The minimum atomic E-state index is -1.72. The van der Waals surface area contributed by atoms with Crippen molar-refractivity contribution in [1.29, 1.82) is 0 Å². The molecule has 0 fully saturated rings. The van der Waals surface area contributed by atoms with Crippen LogP contribution in [0, 0.1) is 0 Å². The van der Waals surface area contributed by atoms with E-state index in [1.165, 1.54) is 0 Å². The van der Waals surface area contributed by atoms with Crippen molar-refractivity contribution < 1.29 is 163 Å². The summed E-state index contributed by atoms with van der Waals surface area (Å²) in [6, 6.07) is -2.78. The number of amides is 2. The molecule has 0 aromatic rings. The smallest absolute Gasteiger partial charge is 0.550 e. The average molecular weight is 382 g/mol. The molecule has 0 aromatic carbocycles. The van der Waals surface area contributed by atoms with Gasteiger partial charge in [-0.1, -0.05) is 0 Å². The number of urea groups is 1. The number of nitrogens with two attached hydrogens (primary N) is 1. The standard InChI is InChI=1S/C5H8N2O5.C4H6O4.4Na/c6-5(12)7-2(4(10)11)1-3(8)9;5-3(6)1-2-4(7)8;;;;/h2H,1H2,(H,8,9)(H,10,11)(H3,6,7,12);1-2H2,(H,5,6)(H,7,8);;;;/q;;4*+1/p-4. The molecule has 1 atom stereocenters. The minimum absolute atomic E-state index is 0. The number of hydrogen-bond acceptors (Lipinski definition) is 9. The average Bonchev–Trinajstić information content (AvgIpc) is 2.25. The molecule has 2 amide bonds. The van der Waals surface area contributed by atoms with Gasteiger partial charge in [-0.3, -0.25) is 0 Å². The fourth-order valence-electron chi connectivity index (χ4n) is 0.736. The molecular weight excluding hydrogens is 372 g/mol. The van der Waals surface area contributed by atoms with Gasteiger partial charge in [0, 0.05) is 24.3 Å². The number of nitrogens with one attached hydrogen (secondary N) is 1. The van der Waals surface area contributed by atoms with E-state index in [2.05, 4.69) is 5.73 Å². The number of aliphatic carboxylic acids is 4. The van der Waals surface area contributed by atoms with Gasteiger partial charge < -0.3 is 50.7 Å². The summed E-state index contributed by atoms with van der Waals surface area (Å²) in [5.74, 6) is -6.07. The Hall–Kier alpha value is 1.15. The Morgan fingerprint density at radius 3 is 1.25 bits per heavy atom. The summed E-state index contributed by atoms with van der Waals surface area (Å²) in [5.41, 5.74) is 4.55. The SMILES string of the molecule is NC(=O)NC(CC(=O)[O-])C(=O)[O-].O=C([O-])CCC(=O)[O-].[Na+].[Na+].[Na+].[Na+]. The molecule has 15 heteroatoms. The van der Waals surface area contributed by atoms with Gasteiger partial charge in [-0.2, -0.15) is 0 Å². The molecule has 11 nitrogen and oxygen atoms in total. The molecule has 0 bridgehead atoms. The third-order valence-electron chi connectivity index (χ3n) is 1.51. The van der Waals surface area contributed by atoms with Crippen molar-refractivity contribution in [1.82, 2.24) is 5.32 Å². The first kappa shape index (κ1) is 40.0. The quantitative estimate of drug-likeness (QED) is 0.399. The first-order chi connectivity index (χ1) is 9.06. The summed E-state index contributed by atoms with van der Waals surface area (Å²) in [6.07, 6.45) is -1.81. The van der Waals surface area contributed by atoms with Crippen LogP contribution in [-0.2, 0) is 19.2 Å². The van der Waals surface area contributed by atoms with E-state index in [1.807, 2.05) is 0 Å². The summed E-state index contributed by atoms with van der Waals surface area (Å²) in [4.78, 5) is 49.1. The van der Waals surface area contributed by atoms with Crippen molar-refractivity contribution in [2.45, 2.75) is 25.3 Å². The van der Waals surface area contributed by atoms with E-state index in [9.17, 15) is 44.4 Å². The molecule has 3 N–H and O–H groups in total. The number of carboxylic acid groups (broad SMARTS) is 4. The van der Waals surface area contributed by atoms with Crippen molar-refractivity contribution in [3.63, 3.8) is 0 Å². The molecule has 0 spiro atoms. The molecule has 1 unspecified atom stereocenters. The van der Waals surface area contributed by atoms with Gasteiger partial charge in [0.05, 0.1) is 12.0 Å². The monoisotopic (exact) mass is 382 g/mol. The molecule has 0 aliphatic rings. The Bertz CT molecular complexity index is 378. The summed E-state index contributed by atoms with van der Waals surface area (Å²) in [7, 11) is 0. The second kappa shape index (κ2) is 24.1. The van der Waals surface area contributed by atoms with Crippen LogP contribution in [0.2, 0.25) is 0 Å². The molecule has 0 saturated carbocycles. The summed E-state index contributed by atoms with van der Waals surface area (Å²) in [6.45, 7) is 0. The maximum atomic E-state index is 10.1. The third kappa shape index (κ3) is 34.5. The van der Waals surface area contributed by atoms with Gasteiger partial charge in [0.15, 0.2) is 0 Å². The molecule has 24 heavy (non-hydrogen) atoms. The fourth-order valence-corrected chi connectivity index (χ4v) is 0.736. The number of carboxylic acids is 4. The molecule has 114 valence electrons. The first-order valence-corrected chi connectivity index (χ1v) is 4.92. The van der Waals surface area contributed by atoms with Gasteiger partial charge >= 0.3 is 124 Å². The normalized spacial score (nSPS) is 8.67. The second-order valence-electron chi connectivity index (χ2n) is 3.20. The van der Waals surface area contributed by atoms with Crippen molar-refractivity contribution in [3.05, 3.63) is 0 Å². The van der Waals surface area contributed by atoms with E-state index in [-0.39, 0.29) is 118 Å². The molecule has 0 aliphatic carbocycles. The van der Waals surface area contributed by atoms with Crippen LogP contribution in [0.3, 0.4) is 0 Å². The molecule has 0 heterocycles. The number of rotatable bonds is 7. The zero-order valence-electron chi connectivity index (χ0n) is 14.0. The minimum Gasteiger partial charge on any atom is -0.550 e. The van der Waals surface area contributed by atoms with Crippen LogP contribution < -0.4 is 150 Å². The third-order valence-corrected chi connectivity index (χ3v) is 1.51. The largest absolute Gasteiger partial charge is 1.00 e. The number of carbonyl (C=O) groups is 5. The van der Waals surface area contributed by atoms with Crippen LogP contribution >= 0.6 is 0 Å². The Balaban J connectivity index is -0.0000000609. The topological polar surface area (TPSA) is 216 Å². The van der Waals surface area contributed by atoms with E-state index in [4.69, 9.17) is 0 Å². The molecule has 0 aliphatic heterocycles. The summed E-state index contributed by atoms with van der Waals surface area (Å²) < 4.78 is 0. The van der Waals surface area contributed by atoms with Gasteiger partial charge in [-0.05, 0) is 12.8 Å². The fraction of sp³-hybridized carbons (Fsp3) is 0.444. The molecular formula is C9H10N2Na4O9. The molecule has 0 aromatic heterocycles. The van der Waals surface area contributed by atoms with Crippen molar-refractivity contribution in [2.75, 3.05) is 0 Å². The van der Waals surface area contributed by atoms with Crippen molar-refractivity contribution in [3.8, 4) is 0 Å². The molecule has 0 saturated heterocycles. The Labute approximate surface area is 225 Å². The van der Waals surface area contributed by atoms with Crippen LogP contribution in [-0.4, -0.2) is 36.0 Å². The maximum Gasteiger partial charge on any atom is 1.00 e. The zero-order valence-corrected chi connectivity index (χ0v) is 22.0. The van der Waals surface area contributed by atoms with E-state index < -0.39 is 55.2 Å². The van der Waals surface area contributed by atoms with Crippen LogP contribution in [0.1, 0.15) is 19.3 Å². The zero-order chi connectivity index (χ0) is 16.3. The summed E-state index contributed by atoms with van der Waals surface area (Å²) >= 11 is 0. The van der Waals surface area contributed by atoms with E-state index in [1.54, 1.807) is 5.32 Å². The predicted molar refractivity (Wildman–Crippen MR) is 50.4 cm³/mol. The van der Waals surface area contributed by atoms with Gasteiger partial charge in [-0.15, -0.1) is 0 Å². The first-order valence-electron chi connectivity index (χ1n) is 4.92. The van der Waals surface area contributed by atoms with Gasteiger partial charge in [0.2, 0.25) is 0 Å². The maximum absolute atomic E-state index is 10.1.